The number of aryl methyl sites for hydroxylation is 1. The third-order valence-corrected chi connectivity index (χ3v) is 7.27. The fraction of sp³-hybridized carbons (Fsp3) is 0.800. The highest BCUT2D eigenvalue weighted by atomic mass is 127. The van der Waals surface area contributed by atoms with Crippen molar-refractivity contribution in [2.75, 3.05) is 39.8 Å². The Kier molecular flexibility index (Phi) is 5.90. The van der Waals surface area contributed by atoms with Crippen LogP contribution in [0.1, 0.15) is 37.1 Å². The highest BCUT2D eigenvalue weighted by Crippen LogP contribution is 2.62. The predicted octanol–water partition coefficient (Wildman–Crippen LogP) is 2.25. The smallest absolute Gasteiger partial charge is 0.193 e. The van der Waals surface area contributed by atoms with E-state index in [1.165, 1.54) is 25.7 Å². The summed E-state index contributed by atoms with van der Waals surface area (Å²) in [6.45, 7) is 7.80. The maximum Gasteiger partial charge on any atom is 0.193 e. The van der Waals surface area contributed by atoms with E-state index in [0.717, 1.165) is 56.7 Å². The first kappa shape index (κ1) is 20.4. The lowest BCUT2D eigenvalue weighted by Crippen LogP contribution is -2.73. The molecule has 3 atom stereocenters. The van der Waals surface area contributed by atoms with Gasteiger partial charge in [-0.05, 0) is 26.2 Å². The third kappa shape index (κ3) is 3.35. The molecule has 5 rings (SSSR count). The second-order valence-electron chi connectivity index (χ2n) is 8.69. The number of aromatic nitrogens is 1. The van der Waals surface area contributed by atoms with Crippen LogP contribution in [0.15, 0.2) is 15.6 Å². The number of piperazine rings is 1. The number of ether oxygens (including phenoxy) is 1. The first-order chi connectivity index (χ1) is 13.2. The highest BCUT2D eigenvalue weighted by molar-refractivity contribution is 14.0. The summed E-state index contributed by atoms with van der Waals surface area (Å²) in [6, 6.07) is 2.58. The number of halogens is 1. The van der Waals surface area contributed by atoms with Gasteiger partial charge in [0.05, 0.1) is 11.8 Å². The molecule has 3 heterocycles. The molecule has 0 amide bonds. The van der Waals surface area contributed by atoms with E-state index in [1.807, 2.05) is 20.0 Å². The molecule has 156 valence electrons. The second kappa shape index (κ2) is 8.10. The van der Waals surface area contributed by atoms with Crippen molar-refractivity contribution in [3.8, 4) is 0 Å². The molecular formula is C20H32IN5O2. The number of nitrogens with zero attached hydrogens (tertiary/aromatic N) is 4. The summed E-state index contributed by atoms with van der Waals surface area (Å²) in [5, 5.41) is 7.98. The van der Waals surface area contributed by atoms with Crippen molar-refractivity contribution in [1.82, 2.24) is 20.3 Å². The van der Waals surface area contributed by atoms with Crippen LogP contribution < -0.4 is 5.32 Å². The summed E-state index contributed by atoms with van der Waals surface area (Å²) < 4.78 is 11.2. The molecule has 2 aliphatic heterocycles. The summed E-state index contributed by atoms with van der Waals surface area (Å²) in [4.78, 5) is 9.49. The van der Waals surface area contributed by atoms with E-state index in [9.17, 15) is 0 Å². The van der Waals surface area contributed by atoms with Crippen molar-refractivity contribution in [3.63, 3.8) is 0 Å². The van der Waals surface area contributed by atoms with Gasteiger partial charge in [0, 0.05) is 69.8 Å². The van der Waals surface area contributed by atoms with E-state index in [1.54, 1.807) is 0 Å². The Labute approximate surface area is 184 Å². The van der Waals surface area contributed by atoms with Crippen LogP contribution in [0.4, 0.5) is 0 Å². The lowest BCUT2D eigenvalue weighted by atomic mass is 9.46. The molecule has 0 bridgehead atoms. The van der Waals surface area contributed by atoms with E-state index in [-0.39, 0.29) is 24.0 Å². The summed E-state index contributed by atoms with van der Waals surface area (Å²) in [6.07, 6.45) is 5.68. The van der Waals surface area contributed by atoms with Gasteiger partial charge in [0.1, 0.15) is 5.76 Å². The zero-order chi connectivity index (χ0) is 18.4. The van der Waals surface area contributed by atoms with Gasteiger partial charge in [-0.25, -0.2) is 0 Å². The summed E-state index contributed by atoms with van der Waals surface area (Å²) in [5.41, 5.74) is 1.42. The quantitative estimate of drug-likeness (QED) is 0.390. The van der Waals surface area contributed by atoms with Gasteiger partial charge < -0.3 is 19.5 Å². The van der Waals surface area contributed by atoms with Gasteiger partial charge in [-0.2, -0.15) is 0 Å². The summed E-state index contributed by atoms with van der Waals surface area (Å²) >= 11 is 0. The van der Waals surface area contributed by atoms with E-state index in [0.29, 0.717) is 23.5 Å². The fourth-order valence-electron chi connectivity index (χ4n) is 5.73. The maximum absolute atomic E-state index is 6.06. The first-order valence-electron chi connectivity index (χ1n) is 10.4. The Morgan fingerprint density at radius 3 is 2.71 bits per heavy atom. The zero-order valence-electron chi connectivity index (χ0n) is 16.9. The Morgan fingerprint density at radius 2 is 2.11 bits per heavy atom. The Bertz CT molecular complexity index is 711. The van der Waals surface area contributed by atoms with E-state index in [2.05, 4.69) is 25.3 Å². The van der Waals surface area contributed by atoms with Crippen LogP contribution in [0.5, 0.6) is 0 Å². The summed E-state index contributed by atoms with van der Waals surface area (Å²) in [5.74, 6) is 2.64. The molecule has 1 spiro atoms. The SMILES string of the molecule is CN=C(NC1C2CCOC2C12CCC2)N1CCN(Cc2cc(C)on2)CC1.I. The average molecular weight is 501 g/mol. The molecule has 3 unspecified atom stereocenters. The number of hydrogen-bond donors (Lipinski definition) is 1. The van der Waals surface area contributed by atoms with E-state index in [4.69, 9.17) is 9.26 Å². The minimum atomic E-state index is 0. The van der Waals surface area contributed by atoms with Gasteiger partial charge in [-0.15, -0.1) is 24.0 Å². The molecule has 2 saturated carbocycles. The molecule has 1 N–H and O–H groups in total. The molecular weight excluding hydrogens is 469 g/mol. The van der Waals surface area contributed by atoms with E-state index >= 15 is 0 Å². The van der Waals surface area contributed by atoms with Gasteiger partial charge in [0.15, 0.2) is 5.96 Å². The van der Waals surface area contributed by atoms with Gasteiger partial charge in [-0.3, -0.25) is 9.89 Å². The molecule has 8 heteroatoms. The van der Waals surface area contributed by atoms with Crippen molar-refractivity contribution >= 4 is 29.9 Å². The van der Waals surface area contributed by atoms with Crippen molar-refractivity contribution < 1.29 is 9.26 Å². The average Bonchev–Trinajstić information content (AvgIpc) is 3.23. The number of guanidine groups is 1. The lowest BCUT2D eigenvalue weighted by molar-refractivity contribution is -0.171. The number of aliphatic imine (C=N–C) groups is 1. The molecule has 1 aromatic heterocycles. The second-order valence-corrected chi connectivity index (χ2v) is 8.69. The van der Waals surface area contributed by atoms with Gasteiger partial charge in [-0.1, -0.05) is 11.6 Å². The number of nitrogens with one attached hydrogen (secondary N) is 1. The van der Waals surface area contributed by atoms with Crippen molar-refractivity contribution in [1.29, 1.82) is 0 Å². The van der Waals surface area contributed by atoms with Gasteiger partial charge in [0.2, 0.25) is 0 Å². The predicted molar refractivity (Wildman–Crippen MR) is 118 cm³/mol. The van der Waals surface area contributed by atoms with Gasteiger partial charge >= 0.3 is 0 Å². The minimum Gasteiger partial charge on any atom is -0.377 e. The standard InChI is InChI=1S/C20H31N5O2.HI/c1-14-12-15(23-27-14)13-24-7-9-25(10-8-24)19(21-2)22-17-16-4-11-26-18(16)20(17)5-3-6-20;/h12,16-18H,3-11,13H2,1-2H3,(H,21,22);1H. The van der Waals surface area contributed by atoms with Crippen LogP contribution in [-0.4, -0.2) is 72.9 Å². The van der Waals surface area contributed by atoms with Gasteiger partial charge in [0.25, 0.3) is 0 Å². The minimum absolute atomic E-state index is 0. The monoisotopic (exact) mass is 501 g/mol. The molecule has 4 fully saturated rings. The Hall–Kier alpha value is -0.870. The topological polar surface area (TPSA) is 66.1 Å². The molecule has 7 nitrogen and oxygen atoms in total. The van der Waals surface area contributed by atoms with Crippen LogP contribution >= 0.6 is 24.0 Å². The van der Waals surface area contributed by atoms with E-state index < -0.39 is 0 Å². The normalized spacial score (nSPS) is 31.7. The Morgan fingerprint density at radius 1 is 1.32 bits per heavy atom. The molecule has 2 aliphatic carbocycles. The largest absolute Gasteiger partial charge is 0.377 e. The van der Waals surface area contributed by atoms with Crippen LogP contribution in [0.25, 0.3) is 0 Å². The molecule has 2 saturated heterocycles. The Balaban J connectivity index is 0.00000192. The number of rotatable bonds is 3. The molecule has 0 radical (unpaired) electrons. The molecule has 28 heavy (non-hydrogen) atoms. The van der Waals surface area contributed by atoms with Crippen LogP contribution in [0, 0.1) is 18.3 Å². The molecule has 0 aromatic carbocycles. The van der Waals surface area contributed by atoms with Crippen LogP contribution in [-0.2, 0) is 11.3 Å². The van der Waals surface area contributed by atoms with Crippen molar-refractivity contribution in [2.45, 2.75) is 51.3 Å². The number of hydrogen-bond acceptors (Lipinski definition) is 5. The fourth-order valence-corrected chi connectivity index (χ4v) is 5.73. The van der Waals surface area contributed by atoms with Crippen LogP contribution in [0.3, 0.4) is 0 Å². The third-order valence-electron chi connectivity index (χ3n) is 7.27. The lowest BCUT2D eigenvalue weighted by Gasteiger charge is -2.63. The zero-order valence-corrected chi connectivity index (χ0v) is 19.2. The molecule has 4 aliphatic rings. The summed E-state index contributed by atoms with van der Waals surface area (Å²) in [7, 11) is 1.92. The number of fused-ring (bicyclic) bond motifs is 2. The van der Waals surface area contributed by atoms with Crippen molar-refractivity contribution in [3.05, 3.63) is 17.5 Å². The first-order valence-corrected chi connectivity index (χ1v) is 10.4. The van der Waals surface area contributed by atoms with Crippen LogP contribution in [0.2, 0.25) is 0 Å². The maximum atomic E-state index is 6.06. The highest BCUT2D eigenvalue weighted by Gasteiger charge is 2.66. The molecule has 1 aromatic rings. The van der Waals surface area contributed by atoms with Crippen molar-refractivity contribution in [2.24, 2.45) is 16.3 Å².